The molecule has 3 rings (SSSR count). The highest BCUT2D eigenvalue weighted by molar-refractivity contribution is 5.85. The summed E-state index contributed by atoms with van der Waals surface area (Å²) in [4.78, 5) is 12.6. The first-order valence-corrected chi connectivity index (χ1v) is 8.30. The van der Waals surface area contributed by atoms with Crippen molar-refractivity contribution < 1.29 is 14.3 Å². The van der Waals surface area contributed by atoms with Crippen LogP contribution in [0, 0.1) is 5.41 Å². The molecule has 0 unspecified atom stereocenters. The molecule has 0 aliphatic carbocycles. The SMILES string of the molecule is COc1ccc2cc(CNC(=O)C3(CN)CCOCC3)ccc2c1. The molecular weight excluding hydrogens is 304 g/mol. The molecule has 5 nitrogen and oxygen atoms in total. The Morgan fingerprint density at radius 1 is 1.21 bits per heavy atom. The summed E-state index contributed by atoms with van der Waals surface area (Å²) >= 11 is 0. The molecule has 1 heterocycles. The van der Waals surface area contributed by atoms with Gasteiger partial charge in [-0.1, -0.05) is 18.2 Å². The van der Waals surface area contributed by atoms with Crippen LogP contribution in [-0.2, 0) is 16.1 Å². The van der Waals surface area contributed by atoms with Gasteiger partial charge in [-0.2, -0.15) is 0 Å². The number of methoxy groups -OCH3 is 1. The molecule has 2 aromatic rings. The van der Waals surface area contributed by atoms with Crippen LogP contribution in [0.3, 0.4) is 0 Å². The van der Waals surface area contributed by atoms with Crippen molar-refractivity contribution in [1.29, 1.82) is 0 Å². The smallest absolute Gasteiger partial charge is 0.227 e. The third-order valence-corrected chi connectivity index (χ3v) is 4.89. The van der Waals surface area contributed by atoms with E-state index in [0.717, 1.165) is 22.1 Å². The Bertz CT molecular complexity index is 724. The minimum absolute atomic E-state index is 0.0307. The number of carbonyl (C=O) groups excluding carboxylic acids is 1. The average molecular weight is 328 g/mol. The summed E-state index contributed by atoms with van der Waals surface area (Å²) in [6, 6.07) is 12.1. The standard InChI is InChI=1S/C19H24N2O3/c1-23-17-5-4-15-10-14(2-3-16(15)11-17)12-21-18(22)19(13-20)6-8-24-9-7-19/h2-5,10-11H,6-9,12-13,20H2,1H3,(H,21,22). The van der Waals surface area contributed by atoms with E-state index in [4.69, 9.17) is 15.2 Å². The summed E-state index contributed by atoms with van der Waals surface area (Å²) in [5.41, 5.74) is 6.47. The van der Waals surface area contributed by atoms with Crippen LogP contribution in [0.2, 0.25) is 0 Å². The number of carbonyl (C=O) groups is 1. The van der Waals surface area contributed by atoms with E-state index in [1.807, 2.05) is 30.3 Å². The van der Waals surface area contributed by atoms with Crippen molar-refractivity contribution in [2.24, 2.45) is 11.1 Å². The Balaban J connectivity index is 1.69. The predicted molar refractivity (Wildman–Crippen MR) is 93.9 cm³/mol. The predicted octanol–water partition coefficient (Wildman–Crippen LogP) is 2.22. The number of hydrogen-bond donors (Lipinski definition) is 2. The van der Waals surface area contributed by atoms with Crippen molar-refractivity contribution >= 4 is 16.7 Å². The molecule has 2 aromatic carbocycles. The molecule has 0 atom stereocenters. The van der Waals surface area contributed by atoms with Crippen LogP contribution < -0.4 is 15.8 Å². The van der Waals surface area contributed by atoms with E-state index in [9.17, 15) is 4.79 Å². The third-order valence-electron chi connectivity index (χ3n) is 4.89. The largest absolute Gasteiger partial charge is 0.497 e. The Hall–Kier alpha value is -2.11. The minimum atomic E-state index is -0.484. The Kier molecular flexibility index (Phi) is 5.02. The lowest BCUT2D eigenvalue weighted by atomic mass is 9.79. The zero-order valence-corrected chi connectivity index (χ0v) is 14.0. The van der Waals surface area contributed by atoms with Crippen molar-refractivity contribution in [2.45, 2.75) is 19.4 Å². The Labute approximate surface area is 142 Å². The number of ether oxygens (including phenoxy) is 2. The van der Waals surface area contributed by atoms with Gasteiger partial charge in [0.2, 0.25) is 5.91 Å². The van der Waals surface area contributed by atoms with Crippen LogP contribution in [-0.4, -0.2) is 32.8 Å². The van der Waals surface area contributed by atoms with Gasteiger partial charge >= 0.3 is 0 Å². The second kappa shape index (κ2) is 7.20. The van der Waals surface area contributed by atoms with Gasteiger partial charge in [0.1, 0.15) is 5.75 Å². The summed E-state index contributed by atoms with van der Waals surface area (Å²) in [7, 11) is 1.66. The maximum absolute atomic E-state index is 12.6. The zero-order chi connectivity index (χ0) is 17.0. The van der Waals surface area contributed by atoms with E-state index < -0.39 is 5.41 Å². The first-order chi connectivity index (χ1) is 11.7. The number of benzene rings is 2. The third kappa shape index (κ3) is 3.37. The summed E-state index contributed by atoms with van der Waals surface area (Å²) < 4.78 is 10.6. The second-order valence-electron chi connectivity index (χ2n) is 6.33. The highest BCUT2D eigenvalue weighted by Gasteiger charge is 2.38. The van der Waals surface area contributed by atoms with E-state index in [-0.39, 0.29) is 5.91 Å². The minimum Gasteiger partial charge on any atom is -0.497 e. The normalized spacial score (nSPS) is 16.8. The fraction of sp³-hybridized carbons (Fsp3) is 0.421. The highest BCUT2D eigenvalue weighted by atomic mass is 16.5. The van der Waals surface area contributed by atoms with Crippen LogP contribution >= 0.6 is 0 Å². The molecule has 1 aliphatic heterocycles. The molecular formula is C19H24N2O3. The molecule has 1 fully saturated rings. The lowest BCUT2D eigenvalue weighted by Gasteiger charge is -2.34. The summed E-state index contributed by atoms with van der Waals surface area (Å²) in [6.07, 6.45) is 1.37. The first kappa shape index (κ1) is 16.7. The quantitative estimate of drug-likeness (QED) is 0.883. The molecule has 5 heteroatoms. The second-order valence-corrected chi connectivity index (χ2v) is 6.33. The summed E-state index contributed by atoms with van der Waals surface area (Å²) in [5.74, 6) is 0.871. The molecule has 24 heavy (non-hydrogen) atoms. The van der Waals surface area contributed by atoms with Gasteiger partial charge in [-0.25, -0.2) is 0 Å². The van der Waals surface area contributed by atoms with Crippen LogP contribution in [0.15, 0.2) is 36.4 Å². The molecule has 0 aromatic heterocycles. The monoisotopic (exact) mass is 328 g/mol. The van der Waals surface area contributed by atoms with Gasteiger partial charge in [0.25, 0.3) is 0 Å². The number of fused-ring (bicyclic) bond motifs is 1. The van der Waals surface area contributed by atoms with E-state index in [2.05, 4.69) is 11.4 Å². The van der Waals surface area contributed by atoms with E-state index in [0.29, 0.717) is 39.1 Å². The van der Waals surface area contributed by atoms with Gasteiger partial charge in [-0.05, 0) is 47.4 Å². The Morgan fingerprint density at radius 3 is 2.62 bits per heavy atom. The van der Waals surface area contributed by atoms with Crippen molar-refractivity contribution in [3.63, 3.8) is 0 Å². The number of rotatable bonds is 5. The maximum atomic E-state index is 12.6. The molecule has 0 radical (unpaired) electrons. The maximum Gasteiger partial charge on any atom is 0.227 e. The first-order valence-electron chi connectivity index (χ1n) is 8.30. The van der Waals surface area contributed by atoms with Crippen LogP contribution in [0.1, 0.15) is 18.4 Å². The van der Waals surface area contributed by atoms with Gasteiger partial charge in [-0.15, -0.1) is 0 Å². The van der Waals surface area contributed by atoms with Crippen molar-refractivity contribution in [2.75, 3.05) is 26.9 Å². The lowest BCUT2D eigenvalue weighted by molar-refractivity contribution is -0.136. The fourth-order valence-electron chi connectivity index (χ4n) is 3.17. The molecule has 1 saturated heterocycles. The van der Waals surface area contributed by atoms with Crippen molar-refractivity contribution in [3.05, 3.63) is 42.0 Å². The molecule has 1 amide bonds. The lowest BCUT2D eigenvalue weighted by Crippen LogP contribution is -2.48. The van der Waals surface area contributed by atoms with Crippen LogP contribution in [0.4, 0.5) is 0 Å². The fourth-order valence-corrected chi connectivity index (χ4v) is 3.17. The number of hydrogen-bond acceptors (Lipinski definition) is 4. The molecule has 1 aliphatic rings. The molecule has 0 spiro atoms. The van der Waals surface area contributed by atoms with E-state index in [1.165, 1.54) is 0 Å². The van der Waals surface area contributed by atoms with Crippen LogP contribution in [0.5, 0.6) is 5.75 Å². The van der Waals surface area contributed by atoms with E-state index in [1.54, 1.807) is 7.11 Å². The van der Waals surface area contributed by atoms with Gasteiger partial charge in [0.15, 0.2) is 0 Å². The summed E-state index contributed by atoms with van der Waals surface area (Å²) in [6.45, 7) is 2.06. The van der Waals surface area contributed by atoms with Gasteiger partial charge in [0.05, 0.1) is 12.5 Å². The average Bonchev–Trinajstić information content (AvgIpc) is 2.65. The number of nitrogens with one attached hydrogen (secondary N) is 1. The van der Waals surface area contributed by atoms with Crippen LogP contribution in [0.25, 0.3) is 10.8 Å². The van der Waals surface area contributed by atoms with Gasteiger partial charge < -0.3 is 20.5 Å². The zero-order valence-electron chi connectivity index (χ0n) is 14.0. The Morgan fingerprint density at radius 2 is 1.92 bits per heavy atom. The summed E-state index contributed by atoms with van der Waals surface area (Å²) in [5, 5.41) is 5.29. The van der Waals surface area contributed by atoms with Gasteiger partial charge in [-0.3, -0.25) is 4.79 Å². The highest BCUT2D eigenvalue weighted by Crippen LogP contribution is 2.29. The van der Waals surface area contributed by atoms with Gasteiger partial charge in [0, 0.05) is 26.3 Å². The number of nitrogens with two attached hydrogens (primary N) is 1. The topological polar surface area (TPSA) is 73.6 Å². The van der Waals surface area contributed by atoms with Crippen molar-refractivity contribution in [3.8, 4) is 5.75 Å². The molecule has 0 saturated carbocycles. The molecule has 3 N–H and O–H groups in total. The molecule has 128 valence electrons. The van der Waals surface area contributed by atoms with Crippen molar-refractivity contribution in [1.82, 2.24) is 5.32 Å². The molecule has 0 bridgehead atoms. The number of amides is 1. The van der Waals surface area contributed by atoms with E-state index >= 15 is 0 Å².